The van der Waals surface area contributed by atoms with Gasteiger partial charge in [-0.2, -0.15) is 0 Å². The molecule has 4 heteroatoms. The van der Waals surface area contributed by atoms with E-state index in [1.165, 1.54) is 33.5 Å². The fourth-order valence-corrected chi connectivity index (χ4v) is 6.02. The van der Waals surface area contributed by atoms with E-state index in [0.717, 1.165) is 31.3 Å². The molecule has 0 aliphatic heterocycles. The summed E-state index contributed by atoms with van der Waals surface area (Å²) in [6.45, 7) is 9.16. The van der Waals surface area contributed by atoms with Crippen molar-refractivity contribution in [3.8, 4) is 0 Å². The van der Waals surface area contributed by atoms with E-state index in [9.17, 15) is 9.59 Å². The minimum Gasteiger partial charge on any atom is -0.469 e. The smallest absolute Gasteiger partial charge is 0.330 e. The number of esters is 2. The monoisotopic (exact) mass is 364 g/mol. The Hall–Kier alpha value is -1.32. The maximum absolute atomic E-state index is 12.5. The van der Waals surface area contributed by atoms with Gasteiger partial charge in [0.1, 0.15) is 0 Å². The SMILES string of the molecule is COC(=O)/C=C(\C)CC[C@@H]1[C@H](C(=O)OC)CC[C@@H]2C(C)(C)CCC[C@@]12C. The van der Waals surface area contributed by atoms with Gasteiger partial charge in [-0.15, -0.1) is 0 Å². The number of ether oxygens (including phenoxy) is 2. The molecule has 0 aromatic heterocycles. The molecule has 0 radical (unpaired) electrons. The summed E-state index contributed by atoms with van der Waals surface area (Å²) in [4.78, 5) is 24.0. The number of carbonyl (C=O) groups is 2. The molecule has 4 nitrogen and oxygen atoms in total. The van der Waals surface area contributed by atoms with Gasteiger partial charge in [0.2, 0.25) is 0 Å². The molecule has 2 rings (SSSR count). The van der Waals surface area contributed by atoms with E-state index in [-0.39, 0.29) is 23.3 Å². The van der Waals surface area contributed by atoms with Crippen molar-refractivity contribution in [1.29, 1.82) is 0 Å². The first-order chi connectivity index (χ1) is 12.2. The molecule has 148 valence electrons. The molecule has 2 fully saturated rings. The molecule has 4 atom stereocenters. The normalized spacial score (nSPS) is 33.9. The fraction of sp³-hybridized carbons (Fsp3) is 0.818. The molecule has 0 amide bonds. The first-order valence-electron chi connectivity index (χ1n) is 9.98. The summed E-state index contributed by atoms with van der Waals surface area (Å²) >= 11 is 0. The third-order valence-corrected chi connectivity index (χ3v) is 7.29. The van der Waals surface area contributed by atoms with Crippen LogP contribution < -0.4 is 0 Å². The fourth-order valence-electron chi connectivity index (χ4n) is 6.02. The second-order valence-electron chi connectivity index (χ2n) is 9.27. The van der Waals surface area contributed by atoms with Gasteiger partial charge < -0.3 is 9.47 Å². The molecule has 0 spiro atoms. The Bertz CT molecular complexity index is 562. The molecule has 0 aromatic carbocycles. The summed E-state index contributed by atoms with van der Waals surface area (Å²) in [5.41, 5.74) is 1.49. The van der Waals surface area contributed by atoms with Crippen LogP contribution in [0.25, 0.3) is 0 Å². The summed E-state index contributed by atoms with van der Waals surface area (Å²) in [5.74, 6) is 0.543. The Kier molecular flexibility index (Phi) is 6.57. The Morgan fingerprint density at radius 2 is 1.77 bits per heavy atom. The van der Waals surface area contributed by atoms with Crippen LogP contribution in [0, 0.1) is 28.6 Å². The second-order valence-corrected chi connectivity index (χ2v) is 9.27. The first-order valence-corrected chi connectivity index (χ1v) is 9.98. The molecule has 2 aliphatic carbocycles. The molecule has 0 bridgehead atoms. The van der Waals surface area contributed by atoms with Gasteiger partial charge in [-0.1, -0.05) is 32.8 Å². The minimum absolute atomic E-state index is 0.0268. The zero-order valence-electron chi connectivity index (χ0n) is 17.4. The Labute approximate surface area is 158 Å². The van der Waals surface area contributed by atoms with E-state index < -0.39 is 0 Å². The minimum atomic E-state index is -0.307. The van der Waals surface area contributed by atoms with Gasteiger partial charge in [-0.3, -0.25) is 4.79 Å². The van der Waals surface area contributed by atoms with Crippen molar-refractivity contribution in [3.63, 3.8) is 0 Å². The van der Waals surface area contributed by atoms with Gasteiger partial charge in [-0.05, 0) is 68.1 Å². The van der Waals surface area contributed by atoms with Gasteiger partial charge in [-0.25, -0.2) is 4.79 Å². The van der Waals surface area contributed by atoms with E-state index >= 15 is 0 Å². The average molecular weight is 365 g/mol. The first kappa shape index (κ1) is 21.0. The third-order valence-electron chi connectivity index (χ3n) is 7.29. The van der Waals surface area contributed by atoms with Crippen LogP contribution in [0.2, 0.25) is 0 Å². The zero-order valence-corrected chi connectivity index (χ0v) is 17.4. The van der Waals surface area contributed by atoms with Gasteiger partial charge in [0.15, 0.2) is 0 Å². The van der Waals surface area contributed by atoms with Crippen molar-refractivity contribution in [2.24, 2.45) is 28.6 Å². The van der Waals surface area contributed by atoms with Gasteiger partial charge in [0.05, 0.1) is 20.1 Å². The van der Waals surface area contributed by atoms with Crippen LogP contribution in [0.5, 0.6) is 0 Å². The molecular formula is C22H36O4. The van der Waals surface area contributed by atoms with Crippen LogP contribution in [0.15, 0.2) is 11.6 Å². The maximum Gasteiger partial charge on any atom is 0.330 e. The van der Waals surface area contributed by atoms with Crippen LogP contribution in [0.3, 0.4) is 0 Å². The lowest BCUT2D eigenvalue weighted by Crippen LogP contribution is -2.53. The van der Waals surface area contributed by atoms with E-state index in [2.05, 4.69) is 20.8 Å². The van der Waals surface area contributed by atoms with Crippen LogP contribution in [-0.2, 0) is 19.1 Å². The van der Waals surface area contributed by atoms with Gasteiger partial charge in [0, 0.05) is 6.08 Å². The van der Waals surface area contributed by atoms with E-state index in [0.29, 0.717) is 17.3 Å². The highest BCUT2D eigenvalue weighted by Gasteiger charge is 2.55. The summed E-state index contributed by atoms with van der Waals surface area (Å²) in [6, 6.07) is 0. The molecule has 0 aromatic rings. The second kappa shape index (κ2) is 8.14. The number of allylic oxidation sites excluding steroid dienone is 1. The third kappa shape index (κ3) is 4.15. The summed E-state index contributed by atoms with van der Waals surface area (Å²) in [6.07, 6.45) is 9.00. The number of fused-ring (bicyclic) bond motifs is 1. The van der Waals surface area contributed by atoms with Crippen molar-refractivity contribution in [3.05, 3.63) is 11.6 Å². The highest BCUT2D eigenvalue weighted by atomic mass is 16.5. The summed E-state index contributed by atoms with van der Waals surface area (Å²) in [7, 11) is 2.90. The number of rotatable bonds is 5. The maximum atomic E-state index is 12.5. The Morgan fingerprint density at radius 1 is 1.08 bits per heavy atom. The zero-order chi connectivity index (χ0) is 19.5. The molecule has 2 saturated carbocycles. The molecule has 0 heterocycles. The quantitative estimate of drug-likeness (QED) is 0.513. The van der Waals surface area contributed by atoms with Crippen molar-refractivity contribution in [1.82, 2.24) is 0 Å². The number of methoxy groups -OCH3 is 2. The number of hydrogen-bond donors (Lipinski definition) is 0. The molecule has 2 aliphatic rings. The Morgan fingerprint density at radius 3 is 2.38 bits per heavy atom. The summed E-state index contributed by atoms with van der Waals surface area (Å²) < 4.78 is 9.89. The van der Waals surface area contributed by atoms with E-state index in [1.807, 2.05) is 6.92 Å². The number of hydrogen-bond acceptors (Lipinski definition) is 4. The van der Waals surface area contributed by atoms with Crippen LogP contribution in [0.1, 0.15) is 72.6 Å². The lowest BCUT2D eigenvalue weighted by molar-refractivity contribution is -0.161. The lowest BCUT2D eigenvalue weighted by atomic mass is 9.46. The van der Waals surface area contributed by atoms with Crippen LogP contribution in [-0.4, -0.2) is 26.2 Å². The topological polar surface area (TPSA) is 52.6 Å². The van der Waals surface area contributed by atoms with E-state index in [4.69, 9.17) is 9.47 Å². The van der Waals surface area contributed by atoms with Crippen LogP contribution in [0.4, 0.5) is 0 Å². The van der Waals surface area contributed by atoms with Crippen molar-refractivity contribution in [2.45, 2.75) is 72.6 Å². The predicted octanol–water partition coefficient (Wildman–Crippen LogP) is 4.92. The van der Waals surface area contributed by atoms with E-state index in [1.54, 1.807) is 6.08 Å². The average Bonchev–Trinajstić information content (AvgIpc) is 2.58. The number of carbonyl (C=O) groups excluding carboxylic acids is 2. The largest absolute Gasteiger partial charge is 0.469 e. The molecule has 0 saturated heterocycles. The molecular weight excluding hydrogens is 328 g/mol. The van der Waals surface area contributed by atoms with Gasteiger partial charge >= 0.3 is 11.9 Å². The Balaban J connectivity index is 2.26. The van der Waals surface area contributed by atoms with Crippen molar-refractivity contribution in [2.75, 3.05) is 14.2 Å². The predicted molar refractivity (Wildman–Crippen MR) is 102 cm³/mol. The molecule has 0 N–H and O–H groups in total. The van der Waals surface area contributed by atoms with Gasteiger partial charge in [0.25, 0.3) is 0 Å². The molecule has 0 unspecified atom stereocenters. The standard InChI is InChI=1S/C22H36O4/c1-15(14-19(23)25-5)8-10-17-16(20(24)26-6)9-11-18-21(2,3)12-7-13-22(17,18)4/h14,16-18H,7-13H2,1-6H3/b15-14+/t16-,17-,18-,22+/m1/s1. The summed E-state index contributed by atoms with van der Waals surface area (Å²) in [5, 5.41) is 0. The highest BCUT2D eigenvalue weighted by Crippen LogP contribution is 2.62. The lowest BCUT2D eigenvalue weighted by Gasteiger charge is -2.59. The van der Waals surface area contributed by atoms with Crippen LogP contribution >= 0.6 is 0 Å². The van der Waals surface area contributed by atoms with Crippen molar-refractivity contribution >= 4 is 11.9 Å². The van der Waals surface area contributed by atoms with Crippen molar-refractivity contribution < 1.29 is 19.1 Å². The molecule has 26 heavy (non-hydrogen) atoms. The highest BCUT2D eigenvalue weighted by molar-refractivity contribution is 5.82.